The fourth-order valence-corrected chi connectivity index (χ4v) is 1.78. The molecule has 0 saturated carbocycles. The number of nitrogens with zero attached hydrogens (tertiary/aromatic N) is 1. The summed E-state index contributed by atoms with van der Waals surface area (Å²) in [6.45, 7) is 4.53. The second-order valence-electron chi connectivity index (χ2n) is 4.35. The molecule has 2 N–H and O–H groups in total. The van der Waals surface area contributed by atoms with Gasteiger partial charge in [-0.05, 0) is 31.4 Å². The summed E-state index contributed by atoms with van der Waals surface area (Å²) in [5, 5.41) is 1.60. The highest BCUT2D eigenvalue weighted by Crippen LogP contribution is 2.13. The lowest BCUT2D eigenvalue weighted by molar-refractivity contribution is 0.796. The van der Waals surface area contributed by atoms with Crippen molar-refractivity contribution in [3.05, 3.63) is 52.3 Å². The molecule has 0 saturated heterocycles. The van der Waals surface area contributed by atoms with Crippen molar-refractivity contribution in [1.82, 2.24) is 4.57 Å². The van der Waals surface area contributed by atoms with Crippen molar-refractivity contribution in [3.8, 4) is 0 Å². The van der Waals surface area contributed by atoms with Crippen LogP contribution in [0.5, 0.6) is 0 Å². The third kappa shape index (κ3) is 2.23. The molecule has 1 aromatic heterocycles. The van der Waals surface area contributed by atoms with E-state index in [0.717, 1.165) is 5.39 Å². The molecular weight excluding hydrogens is 212 g/mol. The number of benzene rings is 1. The Kier molecular flexibility index (Phi) is 3.00. The summed E-state index contributed by atoms with van der Waals surface area (Å²) in [7, 11) is 0. The highest BCUT2D eigenvalue weighted by molar-refractivity contribution is 5.83. The van der Waals surface area contributed by atoms with Crippen LogP contribution in [0.15, 0.2) is 46.8 Å². The Morgan fingerprint density at radius 2 is 2.06 bits per heavy atom. The second-order valence-corrected chi connectivity index (χ2v) is 4.35. The van der Waals surface area contributed by atoms with Crippen LogP contribution in [0.4, 0.5) is 5.82 Å². The lowest BCUT2D eigenvalue weighted by Crippen LogP contribution is -2.22. The van der Waals surface area contributed by atoms with E-state index >= 15 is 0 Å². The summed E-state index contributed by atoms with van der Waals surface area (Å²) in [4.78, 5) is 12.2. The maximum absolute atomic E-state index is 12.2. The Balaban J connectivity index is 2.64. The number of pyridine rings is 1. The van der Waals surface area contributed by atoms with E-state index in [1.165, 1.54) is 5.57 Å². The van der Waals surface area contributed by atoms with Crippen LogP contribution < -0.4 is 11.3 Å². The van der Waals surface area contributed by atoms with Crippen LogP contribution in [0.1, 0.15) is 13.8 Å². The van der Waals surface area contributed by atoms with E-state index in [9.17, 15) is 4.79 Å². The number of nitrogens with two attached hydrogens (primary N) is 1. The summed E-state index contributed by atoms with van der Waals surface area (Å²) in [5.74, 6) is 0.506. The number of hydrogen-bond acceptors (Lipinski definition) is 2. The Morgan fingerprint density at radius 3 is 2.76 bits per heavy atom. The summed E-state index contributed by atoms with van der Waals surface area (Å²) in [5.41, 5.74) is 7.05. The molecule has 17 heavy (non-hydrogen) atoms. The highest BCUT2D eigenvalue weighted by Gasteiger charge is 2.04. The van der Waals surface area contributed by atoms with E-state index in [-0.39, 0.29) is 5.56 Å². The molecule has 2 rings (SSSR count). The fourth-order valence-electron chi connectivity index (χ4n) is 1.78. The molecule has 0 aliphatic rings. The average Bonchev–Trinajstić information content (AvgIpc) is 2.28. The van der Waals surface area contributed by atoms with E-state index < -0.39 is 0 Å². The van der Waals surface area contributed by atoms with E-state index in [0.29, 0.717) is 17.7 Å². The third-order valence-corrected chi connectivity index (χ3v) is 2.73. The van der Waals surface area contributed by atoms with Gasteiger partial charge in [-0.15, -0.1) is 0 Å². The first-order valence-electron chi connectivity index (χ1n) is 5.61. The topological polar surface area (TPSA) is 48.0 Å². The van der Waals surface area contributed by atoms with Crippen molar-refractivity contribution < 1.29 is 0 Å². The van der Waals surface area contributed by atoms with Gasteiger partial charge in [-0.25, -0.2) is 0 Å². The monoisotopic (exact) mass is 228 g/mol. The summed E-state index contributed by atoms with van der Waals surface area (Å²) < 4.78 is 1.59. The Hall–Kier alpha value is -2.03. The molecular formula is C14H16N2O. The Bertz CT molecular complexity index is 634. The zero-order valence-electron chi connectivity index (χ0n) is 10.1. The molecule has 2 aromatic rings. The van der Waals surface area contributed by atoms with Crippen LogP contribution >= 0.6 is 0 Å². The molecule has 1 aromatic carbocycles. The molecule has 0 aliphatic carbocycles. The third-order valence-electron chi connectivity index (χ3n) is 2.73. The van der Waals surface area contributed by atoms with Crippen molar-refractivity contribution in [1.29, 1.82) is 0 Å². The van der Waals surface area contributed by atoms with Gasteiger partial charge in [-0.3, -0.25) is 9.36 Å². The average molecular weight is 228 g/mol. The van der Waals surface area contributed by atoms with Crippen molar-refractivity contribution in [2.45, 2.75) is 20.4 Å². The SMILES string of the molecule is CC(C)=CCn1c(N)cc2ccccc2c1=O. The summed E-state index contributed by atoms with van der Waals surface area (Å²) >= 11 is 0. The zero-order valence-corrected chi connectivity index (χ0v) is 10.1. The predicted octanol–water partition coefficient (Wildman–Crippen LogP) is 2.55. The van der Waals surface area contributed by atoms with Gasteiger partial charge in [0, 0.05) is 11.9 Å². The van der Waals surface area contributed by atoms with Gasteiger partial charge in [0.05, 0.1) is 0 Å². The lowest BCUT2D eigenvalue weighted by atomic mass is 10.1. The van der Waals surface area contributed by atoms with Gasteiger partial charge in [0.2, 0.25) is 0 Å². The Morgan fingerprint density at radius 1 is 1.35 bits per heavy atom. The number of allylic oxidation sites excluding steroid dienone is 2. The molecule has 3 heteroatoms. The minimum Gasteiger partial charge on any atom is -0.385 e. The number of hydrogen-bond donors (Lipinski definition) is 1. The maximum Gasteiger partial charge on any atom is 0.260 e. The number of fused-ring (bicyclic) bond motifs is 1. The normalized spacial score (nSPS) is 10.5. The number of anilines is 1. The highest BCUT2D eigenvalue weighted by atomic mass is 16.1. The molecule has 1 heterocycles. The van der Waals surface area contributed by atoms with Crippen LogP contribution in [0, 0.1) is 0 Å². The smallest absolute Gasteiger partial charge is 0.260 e. The molecule has 0 amide bonds. The van der Waals surface area contributed by atoms with Gasteiger partial charge in [-0.1, -0.05) is 29.8 Å². The van der Waals surface area contributed by atoms with Gasteiger partial charge in [0.15, 0.2) is 0 Å². The standard InChI is InChI=1S/C14H16N2O/c1-10(2)7-8-16-13(15)9-11-5-3-4-6-12(11)14(16)17/h3-7,9H,8,15H2,1-2H3. The first kappa shape index (κ1) is 11.5. The van der Waals surface area contributed by atoms with Crippen molar-refractivity contribution in [2.24, 2.45) is 0 Å². The van der Waals surface area contributed by atoms with Gasteiger partial charge < -0.3 is 5.73 Å². The molecule has 0 unspecified atom stereocenters. The minimum atomic E-state index is -0.0295. The van der Waals surface area contributed by atoms with Gasteiger partial charge in [-0.2, -0.15) is 0 Å². The van der Waals surface area contributed by atoms with Gasteiger partial charge in [0.1, 0.15) is 5.82 Å². The molecule has 0 bridgehead atoms. The van der Waals surface area contributed by atoms with Crippen molar-refractivity contribution in [2.75, 3.05) is 5.73 Å². The van der Waals surface area contributed by atoms with Crippen LogP contribution in [-0.4, -0.2) is 4.57 Å². The summed E-state index contributed by atoms with van der Waals surface area (Å²) in [6, 6.07) is 9.34. The number of rotatable bonds is 2. The molecule has 0 spiro atoms. The predicted molar refractivity (Wildman–Crippen MR) is 72.1 cm³/mol. The number of nitrogen functional groups attached to an aromatic ring is 1. The second kappa shape index (κ2) is 4.45. The number of aromatic nitrogens is 1. The van der Waals surface area contributed by atoms with Crippen LogP contribution in [-0.2, 0) is 6.54 Å². The van der Waals surface area contributed by atoms with Crippen LogP contribution in [0.2, 0.25) is 0 Å². The van der Waals surface area contributed by atoms with Crippen LogP contribution in [0.3, 0.4) is 0 Å². The van der Waals surface area contributed by atoms with Crippen molar-refractivity contribution >= 4 is 16.6 Å². The largest absolute Gasteiger partial charge is 0.385 e. The van der Waals surface area contributed by atoms with E-state index in [2.05, 4.69) is 0 Å². The molecule has 0 aliphatic heterocycles. The minimum absolute atomic E-state index is 0.0295. The quantitative estimate of drug-likeness (QED) is 0.803. The fraction of sp³-hybridized carbons (Fsp3) is 0.214. The first-order valence-corrected chi connectivity index (χ1v) is 5.61. The maximum atomic E-state index is 12.2. The molecule has 0 radical (unpaired) electrons. The molecule has 0 atom stereocenters. The van der Waals surface area contributed by atoms with Crippen molar-refractivity contribution in [3.63, 3.8) is 0 Å². The summed E-state index contributed by atoms with van der Waals surface area (Å²) in [6.07, 6.45) is 1.99. The van der Waals surface area contributed by atoms with E-state index in [4.69, 9.17) is 5.73 Å². The molecule has 0 fully saturated rings. The van der Waals surface area contributed by atoms with Gasteiger partial charge >= 0.3 is 0 Å². The Labute approximate surface area is 100 Å². The van der Waals surface area contributed by atoms with E-state index in [1.54, 1.807) is 4.57 Å². The zero-order chi connectivity index (χ0) is 12.4. The molecule has 88 valence electrons. The molecule has 3 nitrogen and oxygen atoms in total. The lowest BCUT2D eigenvalue weighted by Gasteiger charge is -2.09. The first-order chi connectivity index (χ1) is 8.09. The van der Waals surface area contributed by atoms with Gasteiger partial charge in [0.25, 0.3) is 5.56 Å². The van der Waals surface area contributed by atoms with E-state index in [1.807, 2.05) is 50.3 Å². The van der Waals surface area contributed by atoms with Crippen LogP contribution in [0.25, 0.3) is 10.8 Å².